The smallest absolute Gasteiger partial charge is 0.182 e. The van der Waals surface area contributed by atoms with Crippen LogP contribution in [0, 0.1) is 11.8 Å². The highest BCUT2D eigenvalue weighted by Crippen LogP contribution is 2.22. The number of halogens is 2. The van der Waals surface area contributed by atoms with Gasteiger partial charge >= 0.3 is 0 Å². The maximum atomic E-state index is 11.8. The summed E-state index contributed by atoms with van der Waals surface area (Å²) in [6.45, 7) is 3.27. The SMILES string of the molecule is CO/N=C(/C(C)=O)c1ccccc1CO/N=C(\C)C#Cc1c(Cl)cccc1Cl. The first-order valence-electron chi connectivity index (χ1n) is 8.27. The predicted octanol–water partition coefficient (Wildman–Crippen LogP) is 4.88. The summed E-state index contributed by atoms with van der Waals surface area (Å²) < 4.78 is 0. The summed E-state index contributed by atoms with van der Waals surface area (Å²) in [5, 5.41) is 8.73. The molecule has 0 saturated heterocycles. The van der Waals surface area contributed by atoms with E-state index in [1.54, 1.807) is 37.3 Å². The highest BCUT2D eigenvalue weighted by Gasteiger charge is 2.14. The van der Waals surface area contributed by atoms with Crippen molar-refractivity contribution in [1.29, 1.82) is 0 Å². The number of nitrogens with zero attached hydrogens (tertiary/aromatic N) is 2. The molecule has 0 radical (unpaired) electrons. The fraction of sp³-hybridized carbons (Fsp3) is 0.190. The van der Waals surface area contributed by atoms with E-state index in [-0.39, 0.29) is 18.1 Å². The summed E-state index contributed by atoms with van der Waals surface area (Å²) in [5.74, 6) is 5.53. The monoisotopic (exact) mass is 416 g/mol. The Labute approximate surface area is 173 Å². The first kappa shape index (κ1) is 21.5. The molecule has 2 aromatic rings. The van der Waals surface area contributed by atoms with Crippen molar-refractivity contribution in [3.05, 3.63) is 69.2 Å². The largest absolute Gasteiger partial charge is 0.399 e. The molecule has 0 aliphatic heterocycles. The van der Waals surface area contributed by atoms with E-state index in [2.05, 4.69) is 22.2 Å². The molecule has 0 aliphatic carbocycles. The summed E-state index contributed by atoms with van der Waals surface area (Å²) in [4.78, 5) is 22.0. The third kappa shape index (κ3) is 5.85. The number of oxime groups is 2. The van der Waals surface area contributed by atoms with Crippen LogP contribution in [0.1, 0.15) is 30.5 Å². The average molecular weight is 417 g/mol. The molecule has 28 heavy (non-hydrogen) atoms. The van der Waals surface area contributed by atoms with Crippen molar-refractivity contribution in [2.24, 2.45) is 10.3 Å². The molecular formula is C21H18Cl2N2O3. The average Bonchev–Trinajstić information content (AvgIpc) is 2.66. The summed E-state index contributed by atoms with van der Waals surface area (Å²) in [6.07, 6.45) is 0. The molecule has 5 nitrogen and oxygen atoms in total. The van der Waals surface area contributed by atoms with E-state index in [0.29, 0.717) is 26.9 Å². The Balaban J connectivity index is 2.15. The summed E-state index contributed by atoms with van der Waals surface area (Å²) in [6, 6.07) is 12.4. The van der Waals surface area contributed by atoms with Crippen LogP contribution in [0.4, 0.5) is 0 Å². The van der Waals surface area contributed by atoms with Gasteiger partial charge in [-0.15, -0.1) is 0 Å². The van der Waals surface area contributed by atoms with Crippen molar-refractivity contribution in [2.75, 3.05) is 7.11 Å². The molecule has 0 aliphatic rings. The van der Waals surface area contributed by atoms with Crippen LogP contribution < -0.4 is 0 Å². The minimum atomic E-state index is -0.212. The van der Waals surface area contributed by atoms with Gasteiger partial charge in [0.25, 0.3) is 0 Å². The molecule has 0 amide bonds. The standard InChI is InChI=1S/C21H18Cl2N2O3/c1-14(11-12-18-19(22)9-6-10-20(18)23)24-28-13-16-7-4-5-8-17(16)21(15(2)26)25-27-3/h4-10H,13H2,1-3H3/b24-14+,25-21-. The molecule has 0 N–H and O–H groups in total. The Morgan fingerprint density at radius 2 is 1.71 bits per heavy atom. The number of hydrogen-bond donors (Lipinski definition) is 0. The zero-order valence-electron chi connectivity index (χ0n) is 15.6. The Morgan fingerprint density at radius 1 is 1.04 bits per heavy atom. The van der Waals surface area contributed by atoms with Crippen LogP contribution in [0.3, 0.4) is 0 Å². The van der Waals surface area contributed by atoms with Gasteiger partial charge in [-0.2, -0.15) is 0 Å². The minimum Gasteiger partial charge on any atom is -0.399 e. The lowest BCUT2D eigenvalue weighted by atomic mass is 10.0. The molecule has 0 atom stereocenters. The molecule has 2 aromatic carbocycles. The van der Waals surface area contributed by atoms with Gasteiger partial charge in [-0.05, 0) is 25.0 Å². The Bertz CT molecular complexity index is 968. The Kier molecular flexibility index (Phi) is 8.06. The fourth-order valence-corrected chi connectivity index (χ4v) is 2.76. The van der Waals surface area contributed by atoms with E-state index in [9.17, 15) is 4.79 Å². The maximum absolute atomic E-state index is 11.8. The van der Waals surface area contributed by atoms with Crippen LogP contribution in [0.15, 0.2) is 52.8 Å². The second-order valence-electron chi connectivity index (χ2n) is 5.63. The highest BCUT2D eigenvalue weighted by molar-refractivity contribution is 6.45. The lowest BCUT2D eigenvalue weighted by molar-refractivity contribution is -0.111. The lowest BCUT2D eigenvalue weighted by Crippen LogP contribution is -2.14. The van der Waals surface area contributed by atoms with Crippen molar-refractivity contribution >= 4 is 40.4 Å². The number of hydrogen-bond acceptors (Lipinski definition) is 5. The molecule has 7 heteroatoms. The first-order valence-corrected chi connectivity index (χ1v) is 9.02. The van der Waals surface area contributed by atoms with Gasteiger partial charge in [0.1, 0.15) is 19.4 Å². The van der Waals surface area contributed by atoms with Crippen LogP contribution in [0.25, 0.3) is 0 Å². The van der Waals surface area contributed by atoms with Crippen LogP contribution in [-0.4, -0.2) is 24.3 Å². The highest BCUT2D eigenvalue weighted by atomic mass is 35.5. The van der Waals surface area contributed by atoms with Crippen molar-refractivity contribution in [3.63, 3.8) is 0 Å². The lowest BCUT2D eigenvalue weighted by Gasteiger charge is -2.08. The zero-order chi connectivity index (χ0) is 20.5. The summed E-state index contributed by atoms with van der Waals surface area (Å²) in [7, 11) is 1.39. The molecule has 0 fully saturated rings. The topological polar surface area (TPSA) is 60.2 Å². The Morgan fingerprint density at radius 3 is 2.36 bits per heavy atom. The van der Waals surface area contributed by atoms with Gasteiger partial charge < -0.3 is 9.68 Å². The quantitative estimate of drug-likeness (QED) is 0.383. The molecule has 2 rings (SSSR count). The second kappa shape index (κ2) is 10.5. The maximum Gasteiger partial charge on any atom is 0.182 e. The zero-order valence-corrected chi connectivity index (χ0v) is 17.1. The van der Waals surface area contributed by atoms with Crippen molar-refractivity contribution in [1.82, 2.24) is 0 Å². The van der Waals surface area contributed by atoms with Gasteiger partial charge in [0.15, 0.2) is 11.5 Å². The number of carbonyl (C=O) groups excluding carboxylic acids is 1. The molecule has 0 saturated carbocycles. The van der Waals surface area contributed by atoms with Crippen LogP contribution >= 0.6 is 23.2 Å². The van der Waals surface area contributed by atoms with Crippen LogP contribution in [-0.2, 0) is 21.1 Å². The van der Waals surface area contributed by atoms with E-state index >= 15 is 0 Å². The summed E-state index contributed by atoms with van der Waals surface area (Å²) in [5.41, 5.74) is 2.57. The predicted molar refractivity (Wildman–Crippen MR) is 112 cm³/mol. The number of benzene rings is 2. The summed E-state index contributed by atoms with van der Waals surface area (Å²) >= 11 is 12.2. The number of rotatable bonds is 6. The van der Waals surface area contributed by atoms with E-state index in [1.165, 1.54) is 14.0 Å². The van der Waals surface area contributed by atoms with Gasteiger partial charge in [-0.25, -0.2) is 0 Å². The van der Waals surface area contributed by atoms with Gasteiger partial charge in [0.05, 0.1) is 15.6 Å². The van der Waals surface area contributed by atoms with Gasteiger partial charge in [0, 0.05) is 18.1 Å². The van der Waals surface area contributed by atoms with Crippen LogP contribution in [0.5, 0.6) is 0 Å². The number of Topliss-reactive ketones (excluding diaryl/α,β-unsaturated/α-hetero) is 1. The molecular weight excluding hydrogens is 399 g/mol. The molecule has 0 aromatic heterocycles. The van der Waals surface area contributed by atoms with E-state index < -0.39 is 0 Å². The Hall–Kier alpha value is -2.81. The normalized spacial score (nSPS) is 11.5. The molecule has 0 heterocycles. The van der Waals surface area contributed by atoms with Gasteiger partial charge in [-0.1, -0.05) is 69.8 Å². The molecule has 0 unspecified atom stereocenters. The minimum absolute atomic E-state index is 0.137. The van der Waals surface area contributed by atoms with E-state index in [1.807, 2.05) is 12.1 Å². The van der Waals surface area contributed by atoms with E-state index in [0.717, 1.165) is 5.56 Å². The first-order chi connectivity index (χ1) is 13.4. The number of ketones is 1. The number of carbonyl (C=O) groups is 1. The van der Waals surface area contributed by atoms with Gasteiger partial charge in [0.2, 0.25) is 0 Å². The third-order valence-electron chi connectivity index (χ3n) is 3.54. The van der Waals surface area contributed by atoms with Crippen molar-refractivity contribution in [2.45, 2.75) is 20.5 Å². The molecule has 144 valence electrons. The van der Waals surface area contributed by atoms with Crippen LogP contribution in [0.2, 0.25) is 10.0 Å². The van der Waals surface area contributed by atoms with Crippen molar-refractivity contribution in [3.8, 4) is 11.8 Å². The third-order valence-corrected chi connectivity index (χ3v) is 4.17. The second-order valence-corrected chi connectivity index (χ2v) is 6.45. The fourth-order valence-electron chi connectivity index (χ4n) is 2.26. The molecule has 0 bridgehead atoms. The van der Waals surface area contributed by atoms with E-state index in [4.69, 9.17) is 32.9 Å². The van der Waals surface area contributed by atoms with Gasteiger partial charge in [-0.3, -0.25) is 4.79 Å². The van der Waals surface area contributed by atoms with Crippen molar-refractivity contribution < 1.29 is 14.5 Å². The molecule has 0 spiro atoms.